The Labute approximate surface area is 124 Å². The Morgan fingerprint density at radius 1 is 1.05 bits per heavy atom. The van der Waals surface area contributed by atoms with Gasteiger partial charge in [0.2, 0.25) is 0 Å². The molecule has 2 N–H and O–H groups in total. The summed E-state index contributed by atoms with van der Waals surface area (Å²) in [6.45, 7) is 0.349. The monoisotopic (exact) mass is 285 g/mol. The van der Waals surface area contributed by atoms with Gasteiger partial charge in [-0.25, -0.2) is 4.39 Å². The average molecular weight is 285 g/mol. The number of benzene rings is 2. The summed E-state index contributed by atoms with van der Waals surface area (Å²) in [5, 5.41) is 0. The molecule has 3 heteroatoms. The molecule has 1 atom stereocenters. The summed E-state index contributed by atoms with van der Waals surface area (Å²) in [6, 6.07) is 12.3. The highest BCUT2D eigenvalue weighted by Crippen LogP contribution is 2.26. The Kier molecular flexibility index (Phi) is 4.20. The zero-order valence-corrected chi connectivity index (χ0v) is 12.0. The van der Waals surface area contributed by atoms with E-state index < -0.39 is 0 Å². The lowest BCUT2D eigenvalue weighted by Gasteiger charge is -2.18. The normalized spacial score (nSPS) is 15.3. The van der Waals surface area contributed by atoms with E-state index in [2.05, 4.69) is 12.1 Å². The van der Waals surface area contributed by atoms with Gasteiger partial charge in [0.25, 0.3) is 0 Å². The number of ether oxygens (including phenoxy) is 1. The second-order valence-electron chi connectivity index (χ2n) is 5.61. The molecule has 2 aromatic rings. The summed E-state index contributed by atoms with van der Waals surface area (Å²) in [6.07, 6.45) is 4.82. The molecule has 0 aromatic heterocycles. The molecule has 0 bridgehead atoms. The molecule has 0 heterocycles. The number of rotatable bonds is 4. The lowest BCUT2D eigenvalue weighted by Crippen LogP contribution is -2.19. The maximum absolute atomic E-state index is 13.2. The van der Waals surface area contributed by atoms with Crippen molar-refractivity contribution in [3.63, 3.8) is 0 Å². The molecular formula is C18H20FNO. The molecular weight excluding hydrogens is 265 g/mol. The zero-order valence-electron chi connectivity index (χ0n) is 12.0. The van der Waals surface area contributed by atoms with Crippen LogP contribution in [0.4, 0.5) is 4.39 Å². The second-order valence-corrected chi connectivity index (χ2v) is 5.61. The van der Waals surface area contributed by atoms with E-state index in [1.54, 1.807) is 6.07 Å². The van der Waals surface area contributed by atoms with Crippen LogP contribution in [0.15, 0.2) is 42.5 Å². The van der Waals surface area contributed by atoms with Gasteiger partial charge in [0, 0.05) is 0 Å². The van der Waals surface area contributed by atoms with Crippen molar-refractivity contribution in [1.29, 1.82) is 0 Å². The summed E-state index contributed by atoms with van der Waals surface area (Å²) >= 11 is 0. The van der Waals surface area contributed by atoms with Crippen LogP contribution < -0.4 is 10.5 Å². The minimum absolute atomic E-state index is 0.267. The van der Waals surface area contributed by atoms with E-state index in [4.69, 9.17) is 10.5 Å². The number of nitrogens with two attached hydrogens (primary N) is 1. The molecule has 110 valence electrons. The van der Waals surface area contributed by atoms with E-state index in [1.807, 2.05) is 12.1 Å². The molecule has 1 aliphatic carbocycles. The first-order valence-corrected chi connectivity index (χ1v) is 7.48. The maximum Gasteiger partial charge on any atom is 0.123 e. The summed E-state index contributed by atoms with van der Waals surface area (Å²) in [5.74, 6) is 0.583. The van der Waals surface area contributed by atoms with E-state index in [0.717, 1.165) is 17.7 Å². The van der Waals surface area contributed by atoms with Gasteiger partial charge in [-0.05, 0) is 66.6 Å². The van der Waals surface area contributed by atoms with Gasteiger partial charge in [-0.2, -0.15) is 0 Å². The van der Waals surface area contributed by atoms with E-state index >= 15 is 0 Å². The third-order valence-corrected chi connectivity index (χ3v) is 4.03. The molecule has 0 aliphatic heterocycles. The number of hydrogen-bond donors (Lipinski definition) is 1. The highest BCUT2D eigenvalue weighted by Gasteiger charge is 2.11. The van der Waals surface area contributed by atoms with E-state index in [0.29, 0.717) is 6.61 Å². The smallest absolute Gasteiger partial charge is 0.123 e. The van der Waals surface area contributed by atoms with Gasteiger partial charge < -0.3 is 10.5 Å². The Bertz CT molecular complexity index is 626. The fourth-order valence-electron chi connectivity index (χ4n) is 2.82. The van der Waals surface area contributed by atoms with Gasteiger partial charge in [-0.1, -0.05) is 18.2 Å². The third kappa shape index (κ3) is 3.42. The van der Waals surface area contributed by atoms with Crippen molar-refractivity contribution in [3.8, 4) is 5.75 Å². The standard InChI is InChI=1S/C18H20FNO/c19-16-7-3-6-15(10-16)18(20)12-21-17-9-8-13-4-1-2-5-14(13)11-17/h3,6-11,18H,1-2,4-5,12,20H2. The summed E-state index contributed by atoms with van der Waals surface area (Å²) in [7, 11) is 0. The molecule has 0 amide bonds. The molecule has 3 rings (SSSR count). The topological polar surface area (TPSA) is 35.2 Å². The molecule has 0 spiro atoms. The van der Waals surface area contributed by atoms with Crippen molar-refractivity contribution in [1.82, 2.24) is 0 Å². The van der Waals surface area contributed by atoms with Crippen LogP contribution in [-0.4, -0.2) is 6.61 Å². The molecule has 1 unspecified atom stereocenters. The van der Waals surface area contributed by atoms with Crippen LogP contribution in [0.25, 0.3) is 0 Å². The molecule has 2 nitrogen and oxygen atoms in total. The van der Waals surface area contributed by atoms with Crippen LogP contribution in [0.3, 0.4) is 0 Å². The molecule has 21 heavy (non-hydrogen) atoms. The summed E-state index contributed by atoms with van der Waals surface area (Å²) < 4.78 is 19.0. The number of aryl methyl sites for hydroxylation is 2. The Morgan fingerprint density at radius 2 is 1.86 bits per heavy atom. The number of halogens is 1. The lowest BCUT2D eigenvalue weighted by atomic mass is 9.92. The molecule has 0 saturated carbocycles. The first-order chi connectivity index (χ1) is 10.2. The Balaban J connectivity index is 1.64. The number of fused-ring (bicyclic) bond motifs is 1. The zero-order chi connectivity index (χ0) is 14.7. The van der Waals surface area contributed by atoms with Gasteiger partial charge in [-0.15, -0.1) is 0 Å². The number of hydrogen-bond acceptors (Lipinski definition) is 2. The second kappa shape index (κ2) is 6.27. The molecule has 0 saturated heterocycles. The first kappa shape index (κ1) is 14.1. The van der Waals surface area contributed by atoms with Crippen LogP contribution in [0.2, 0.25) is 0 Å². The lowest BCUT2D eigenvalue weighted by molar-refractivity contribution is 0.290. The molecule has 0 fully saturated rings. The predicted molar refractivity (Wildman–Crippen MR) is 81.9 cm³/mol. The van der Waals surface area contributed by atoms with Crippen LogP contribution in [0, 0.1) is 5.82 Å². The van der Waals surface area contributed by atoms with Crippen molar-refractivity contribution < 1.29 is 9.13 Å². The van der Waals surface area contributed by atoms with Crippen molar-refractivity contribution >= 4 is 0 Å². The van der Waals surface area contributed by atoms with Gasteiger partial charge in [0.05, 0.1) is 6.04 Å². The largest absolute Gasteiger partial charge is 0.492 e. The first-order valence-electron chi connectivity index (χ1n) is 7.48. The van der Waals surface area contributed by atoms with Gasteiger partial charge >= 0.3 is 0 Å². The summed E-state index contributed by atoms with van der Waals surface area (Å²) in [4.78, 5) is 0. The van der Waals surface area contributed by atoms with E-state index in [1.165, 1.54) is 42.5 Å². The van der Waals surface area contributed by atoms with Gasteiger partial charge in [0.15, 0.2) is 0 Å². The quantitative estimate of drug-likeness (QED) is 0.927. The predicted octanol–water partition coefficient (Wildman–Crippen LogP) is 3.78. The highest BCUT2D eigenvalue weighted by atomic mass is 19.1. The third-order valence-electron chi connectivity index (χ3n) is 4.03. The van der Waals surface area contributed by atoms with Crippen molar-refractivity contribution in [2.24, 2.45) is 5.73 Å². The summed E-state index contributed by atoms with van der Waals surface area (Å²) in [5.41, 5.74) is 9.64. The van der Waals surface area contributed by atoms with Gasteiger partial charge in [0.1, 0.15) is 18.2 Å². The van der Waals surface area contributed by atoms with Crippen LogP contribution in [0.5, 0.6) is 5.75 Å². The van der Waals surface area contributed by atoms with Crippen molar-refractivity contribution in [2.45, 2.75) is 31.7 Å². The minimum atomic E-state index is -0.322. The molecule has 1 aliphatic rings. The van der Waals surface area contributed by atoms with E-state index in [9.17, 15) is 4.39 Å². The minimum Gasteiger partial charge on any atom is -0.492 e. The van der Waals surface area contributed by atoms with Crippen LogP contribution >= 0.6 is 0 Å². The maximum atomic E-state index is 13.2. The fourth-order valence-corrected chi connectivity index (χ4v) is 2.82. The highest BCUT2D eigenvalue weighted by molar-refractivity contribution is 5.37. The van der Waals surface area contributed by atoms with Gasteiger partial charge in [-0.3, -0.25) is 0 Å². The van der Waals surface area contributed by atoms with E-state index in [-0.39, 0.29) is 11.9 Å². The molecule has 0 radical (unpaired) electrons. The average Bonchev–Trinajstić information content (AvgIpc) is 2.52. The van der Waals surface area contributed by atoms with Crippen molar-refractivity contribution in [3.05, 3.63) is 65.0 Å². The van der Waals surface area contributed by atoms with Crippen molar-refractivity contribution in [2.75, 3.05) is 6.61 Å². The SMILES string of the molecule is NC(COc1ccc2c(c1)CCCC2)c1cccc(F)c1. The Morgan fingerprint density at radius 3 is 2.67 bits per heavy atom. The Hall–Kier alpha value is -1.87. The van der Waals surface area contributed by atoms with Crippen LogP contribution in [0.1, 0.15) is 35.6 Å². The fraction of sp³-hybridized carbons (Fsp3) is 0.333. The van der Waals surface area contributed by atoms with Crippen LogP contribution in [-0.2, 0) is 12.8 Å². The molecule has 2 aromatic carbocycles.